The third-order valence-corrected chi connectivity index (χ3v) is 6.10. The van der Waals surface area contributed by atoms with Crippen LogP contribution in [0.3, 0.4) is 0 Å². The highest BCUT2D eigenvalue weighted by Crippen LogP contribution is 2.19. The molecule has 2 N–H and O–H groups in total. The standard InChI is InChI=1S/C22H35N5O2S/c1-6-27(7-2)13-9-10-17(3)23-21(28)16-26(4)22-24-20(25-30-22)15-18-11-8-12-19(14-18)29-5/h8,11-12,14,17H,6-7,9-10,13,15-16H2,1-5H3,(H,23,28)/p+1/t17-/m1/s1. The predicted molar refractivity (Wildman–Crippen MR) is 123 cm³/mol. The van der Waals surface area contributed by atoms with Gasteiger partial charge in [-0.05, 0) is 51.3 Å². The number of nitrogens with zero attached hydrogens (tertiary/aromatic N) is 3. The van der Waals surface area contributed by atoms with Gasteiger partial charge in [0.2, 0.25) is 11.0 Å². The van der Waals surface area contributed by atoms with E-state index in [4.69, 9.17) is 4.74 Å². The lowest BCUT2D eigenvalue weighted by molar-refractivity contribution is -0.896. The van der Waals surface area contributed by atoms with Gasteiger partial charge in [-0.1, -0.05) is 12.1 Å². The summed E-state index contributed by atoms with van der Waals surface area (Å²) in [5, 5.41) is 3.85. The number of rotatable bonds is 13. The average Bonchev–Trinajstić information content (AvgIpc) is 3.20. The van der Waals surface area contributed by atoms with Crippen LogP contribution in [0, 0.1) is 0 Å². The van der Waals surface area contributed by atoms with Gasteiger partial charge >= 0.3 is 0 Å². The van der Waals surface area contributed by atoms with E-state index in [1.165, 1.54) is 11.5 Å². The van der Waals surface area contributed by atoms with Crippen LogP contribution in [0.15, 0.2) is 24.3 Å². The molecule has 166 valence electrons. The van der Waals surface area contributed by atoms with E-state index in [-0.39, 0.29) is 18.5 Å². The summed E-state index contributed by atoms with van der Waals surface area (Å²) in [6.45, 7) is 10.3. The summed E-state index contributed by atoms with van der Waals surface area (Å²) < 4.78 is 9.71. The van der Waals surface area contributed by atoms with E-state index in [0.29, 0.717) is 6.42 Å². The maximum absolute atomic E-state index is 12.4. The molecule has 0 aliphatic rings. The van der Waals surface area contributed by atoms with Crippen LogP contribution in [0.5, 0.6) is 5.75 Å². The number of anilines is 1. The third kappa shape index (κ3) is 7.91. The number of hydrogen-bond acceptors (Lipinski definition) is 6. The number of carbonyl (C=O) groups is 1. The maximum Gasteiger partial charge on any atom is 0.239 e. The summed E-state index contributed by atoms with van der Waals surface area (Å²) in [6, 6.07) is 8.08. The van der Waals surface area contributed by atoms with Crippen LogP contribution < -0.4 is 19.9 Å². The molecule has 0 unspecified atom stereocenters. The minimum absolute atomic E-state index is 0.0183. The summed E-state index contributed by atoms with van der Waals surface area (Å²) in [5.41, 5.74) is 1.10. The van der Waals surface area contributed by atoms with Crippen molar-refractivity contribution < 1.29 is 14.4 Å². The molecule has 7 nitrogen and oxygen atoms in total. The van der Waals surface area contributed by atoms with Crippen LogP contribution in [-0.2, 0) is 11.2 Å². The van der Waals surface area contributed by atoms with Gasteiger partial charge in [0.05, 0.1) is 33.3 Å². The summed E-state index contributed by atoms with van der Waals surface area (Å²) in [5.74, 6) is 1.59. The van der Waals surface area contributed by atoms with Gasteiger partial charge in [0.25, 0.3) is 0 Å². The lowest BCUT2D eigenvalue weighted by Crippen LogP contribution is -3.11. The second-order valence-corrected chi connectivity index (χ2v) is 8.43. The van der Waals surface area contributed by atoms with Crippen LogP contribution >= 0.6 is 11.5 Å². The lowest BCUT2D eigenvalue weighted by Gasteiger charge is -2.19. The Kier molecular flexibility index (Phi) is 10.0. The van der Waals surface area contributed by atoms with Crippen molar-refractivity contribution in [2.45, 2.75) is 46.1 Å². The Labute approximate surface area is 184 Å². The van der Waals surface area contributed by atoms with E-state index in [0.717, 1.165) is 54.7 Å². The van der Waals surface area contributed by atoms with Gasteiger partial charge in [0, 0.05) is 31.0 Å². The first kappa shape index (κ1) is 24.1. The monoisotopic (exact) mass is 434 g/mol. The van der Waals surface area contributed by atoms with Crippen molar-refractivity contribution in [2.24, 2.45) is 0 Å². The molecule has 0 spiro atoms. The SMILES string of the molecule is CC[NH+](CC)CCC[C@@H](C)NC(=O)CN(C)c1nc(Cc2cccc(OC)c2)ns1. The molecule has 1 atom stereocenters. The highest BCUT2D eigenvalue weighted by molar-refractivity contribution is 7.09. The Morgan fingerprint density at radius 3 is 2.80 bits per heavy atom. The molecular weight excluding hydrogens is 398 g/mol. The molecule has 1 heterocycles. The van der Waals surface area contributed by atoms with Gasteiger partial charge in [0.1, 0.15) is 11.6 Å². The van der Waals surface area contributed by atoms with E-state index in [2.05, 4.69) is 35.4 Å². The van der Waals surface area contributed by atoms with Gasteiger partial charge in [-0.25, -0.2) is 4.98 Å². The van der Waals surface area contributed by atoms with E-state index < -0.39 is 0 Å². The maximum atomic E-state index is 12.4. The molecule has 1 aromatic heterocycles. The normalized spacial score (nSPS) is 12.1. The van der Waals surface area contributed by atoms with Crippen molar-refractivity contribution in [2.75, 3.05) is 45.2 Å². The van der Waals surface area contributed by atoms with Gasteiger partial charge in [-0.3, -0.25) is 4.79 Å². The molecule has 2 aromatic rings. The molecule has 0 fully saturated rings. The Balaban J connectivity index is 1.78. The smallest absolute Gasteiger partial charge is 0.239 e. The zero-order chi connectivity index (χ0) is 21.9. The Bertz CT molecular complexity index is 778. The first-order valence-corrected chi connectivity index (χ1v) is 11.5. The summed E-state index contributed by atoms with van der Waals surface area (Å²) in [7, 11) is 3.54. The van der Waals surface area contributed by atoms with Crippen molar-refractivity contribution >= 4 is 22.6 Å². The van der Waals surface area contributed by atoms with E-state index in [9.17, 15) is 4.79 Å². The van der Waals surface area contributed by atoms with Crippen molar-refractivity contribution in [1.82, 2.24) is 14.7 Å². The molecule has 0 saturated heterocycles. The molecular formula is C22H36N5O2S+. The number of quaternary nitrogens is 1. The van der Waals surface area contributed by atoms with Gasteiger partial charge in [-0.15, -0.1) is 0 Å². The molecule has 0 bridgehead atoms. The Morgan fingerprint density at radius 2 is 2.10 bits per heavy atom. The molecule has 1 amide bonds. The van der Waals surface area contributed by atoms with Crippen molar-refractivity contribution in [3.63, 3.8) is 0 Å². The molecule has 0 radical (unpaired) electrons. The molecule has 30 heavy (non-hydrogen) atoms. The van der Waals surface area contributed by atoms with Crippen LogP contribution in [0.1, 0.15) is 45.0 Å². The van der Waals surface area contributed by atoms with Crippen molar-refractivity contribution in [3.8, 4) is 5.75 Å². The Hall–Kier alpha value is -2.19. The molecule has 2 rings (SSSR count). The fraction of sp³-hybridized carbons (Fsp3) is 0.591. The number of benzene rings is 1. The minimum atomic E-state index is 0.0183. The van der Waals surface area contributed by atoms with Crippen LogP contribution in [0.2, 0.25) is 0 Å². The van der Waals surface area contributed by atoms with Gasteiger partial charge in [0.15, 0.2) is 0 Å². The first-order chi connectivity index (χ1) is 14.4. The summed E-state index contributed by atoms with van der Waals surface area (Å²) in [4.78, 5) is 20.5. The Morgan fingerprint density at radius 1 is 1.33 bits per heavy atom. The zero-order valence-electron chi connectivity index (χ0n) is 18.9. The largest absolute Gasteiger partial charge is 0.497 e. The average molecular weight is 435 g/mol. The van der Waals surface area contributed by atoms with Crippen molar-refractivity contribution in [1.29, 1.82) is 0 Å². The molecule has 0 saturated carbocycles. The molecule has 8 heteroatoms. The van der Waals surface area contributed by atoms with Crippen LogP contribution in [0.4, 0.5) is 5.13 Å². The van der Waals surface area contributed by atoms with E-state index >= 15 is 0 Å². The fourth-order valence-corrected chi connectivity index (χ4v) is 4.02. The molecule has 0 aliphatic carbocycles. The van der Waals surface area contributed by atoms with Crippen LogP contribution in [-0.4, -0.2) is 61.6 Å². The number of aromatic nitrogens is 2. The summed E-state index contributed by atoms with van der Waals surface area (Å²) in [6.07, 6.45) is 2.76. The van der Waals surface area contributed by atoms with E-state index in [1.807, 2.05) is 36.2 Å². The van der Waals surface area contributed by atoms with Gasteiger partial charge < -0.3 is 19.9 Å². The molecule has 0 aliphatic heterocycles. The number of hydrogen-bond donors (Lipinski definition) is 2. The number of carbonyl (C=O) groups excluding carboxylic acids is 1. The third-order valence-electron chi connectivity index (χ3n) is 5.24. The van der Waals surface area contributed by atoms with Gasteiger partial charge in [-0.2, -0.15) is 4.37 Å². The number of ether oxygens (including phenoxy) is 1. The number of nitrogens with one attached hydrogen (secondary N) is 2. The zero-order valence-corrected chi connectivity index (χ0v) is 19.7. The predicted octanol–water partition coefficient (Wildman–Crippen LogP) is 1.78. The lowest BCUT2D eigenvalue weighted by atomic mass is 10.1. The molecule has 1 aromatic carbocycles. The second kappa shape index (κ2) is 12.5. The first-order valence-electron chi connectivity index (χ1n) is 10.7. The quantitative estimate of drug-likeness (QED) is 0.503. The highest BCUT2D eigenvalue weighted by atomic mass is 32.1. The second-order valence-electron chi connectivity index (χ2n) is 7.70. The number of amides is 1. The topological polar surface area (TPSA) is 71.8 Å². The fourth-order valence-electron chi connectivity index (χ4n) is 3.37. The number of likely N-dealkylation sites (N-methyl/N-ethyl adjacent to an activating group) is 1. The van der Waals surface area contributed by atoms with Crippen molar-refractivity contribution in [3.05, 3.63) is 35.7 Å². The number of methoxy groups -OCH3 is 1. The highest BCUT2D eigenvalue weighted by Gasteiger charge is 2.15. The minimum Gasteiger partial charge on any atom is -0.497 e. The van der Waals surface area contributed by atoms with E-state index in [1.54, 1.807) is 12.0 Å². The van der Waals surface area contributed by atoms with Crippen LogP contribution in [0.25, 0.3) is 0 Å². The summed E-state index contributed by atoms with van der Waals surface area (Å²) >= 11 is 1.32.